The summed E-state index contributed by atoms with van der Waals surface area (Å²) < 4.78 is 20.7. The van der Waals surface area contributed by atoms with Crippen LogP contribution in [-0.4, -0.2) is 131 Å². The van der Waals surface area contributed by atoms with Crippen LogP contribution in [0, 0.1) is 25.6 Å². The van der Waals surface area contributed by atoms with Crippen LogP contribution < -0.4 is 21.3 Å². The van der Waals surface area contributed by atoms with E-state index >= 15 is 0 Å². The number of benzene rings is 2. The highest BCUT2D eigenvalue weighted by atomic mass is 19.1. The van der Waals surface area contributed by atoms with Crippen LogP contribution in [0.4, 0.5) is 4.39 Å². The Labute approximate surface area is 341 Å². The number of hydrogen-bond acceptors (Lipinski definition) is 9. The predicted molar refractivity (Wildman–Crippen MR) is 209 cm³/mol. The molecular weight excluding hydrogens is 765 g/mol. The Bertz CT molecular complexity index is 2030. The number of aryl methyl sites for hydroxylation is 2. The van der Waals surface area contributed by atoms with Gasteiger partial charge in [-0.05, 0) is 75.6 Å². The maximum Gasteiger partial charge on any atom is 0.329 e. The van der Waals surface area contributed by atoms with Crippen molar-refractivity contribution >= 4 is 47.3 Å². The van der Waals surface area contributed by atoms with Gasteiger partial charge < -0.3 is 40.7 Å². The Morgan fingerprint density at radius 2 is 1.64 bits per heavy atom. The zero-order valence-corrected chi connectivity index (χ0v) is 33.9. The van der Waals surface area contributed by atoms with Crippen molar-refractivity contribution in [2.24, 2.45) is 5.92 Å². The molecule has 0 bridgehead atoms. The molecule has 4 aliphatic heterocycles. The molecule has 8 atom stereocenters. The largest absolute Gasteiger partial charge is 0.458 e. The molecule has 6 rings (SSSR count). The number of nitrogens with zero attached hydrogens (tertiary/aromatic N) is 3. The minimum atomic E-state index is -1.59. The summed E-state index contributed by atoms with van der Waals surface area (Å²) in [4.78, 5) is 115. The molecule has 59 heavy (non-hydrogen) atoms. The van der Waals surface area contributed by atoms with Gasteiger partial charge in [-0.1, -0.05) is 48.9 Å². The van der Waals surface area contributed by atoms with Gasteiger partial charge in [0.25, 0.3) is 0 Å². The van der Waals surface area contributed by atoms with Gasteiger partial charge in [-0.25, -0.2) is 9.18 Å². The third-order valence-corrected chi connectivity index (χ3v) is 11.5. The fraction of sp³-hybridized carbons (Fsp3) is 0.524. The number of rotatable bonds is 7. The van der Waals surface area contributed by atoms with Crippen molar-refractivity contribution in [3.63, 3.8) is 0 Å². The first-order chi connectivity index (χ1) is 28.0. The number of esters is 1. The maximum atomic E-state index is 14.8. The summed E-state index contributed by atoms with van der Waals surface area (Å²) in [5.74, 6) is -6.22. The third kappa shape index (κ3) is 9.71. The van der Waals surface area contributed by atoms with Crippen molar-refractivity contribution in [1.29, 1.82) is 0 Å². The fourth-order valence-electron chi connectivity index (χ4n) is 8.36. The summed E-state index contributed by atoms with van der Waals surface area (Å²) in [6, 6.07) is 4.32. The monoisotopic (exact) mass is 817 g/mol. The van der Waals surface area contributed by atoms with Gasteiger partial charge in [0.15, 0.2) is 0 Å². The molecule has 16 nitrogen and oxygen atoms in total. The van der Waals surface area contributed by atoms with E-state index in [1.807, 2.05) is 26.0 Å². The molecular formula is C42H52FN7O9. The van der Waals surface area contributed by atoms with Crippen LogP contribution in [0.3, 0.4) is 0 Å². The van der Waals surface area contributed by atoms with Crippen molar-refractivity contribution in [3.05, 3.63) is 70.5 Å². The van der Waals surface area contributed by atoms with Crippen LogP contribution in [0.2, 0.25) is 0 Å². The summed E-state index contributed by atoms with van der Waals surface area (Å²) in [7, 11) is 0. The van der Waals surface area contributed by atoms with E-state index in [9.17, 15) is 42.7 Å². The lowest BCUT2D eigenvalue weighted by atomic mass is 10.0. The quantitative estimate of drug-likeness (QED) is 0.282. The standard InChI is InChI=1S/C42H52FN7O9/c1-22-8-6-9-27(14-22)17-30(46-34(51)18-28-12-11-23(2)15-29(28)43)37(53)47-36-26(5)59-42(58)32-16-24(3)20-49(32)39(55)25(4)45-38(54)33-19-44-35(52)21-50(33)40(56)31-10-7-13-48(31)41(36)57/h6,8-9,11-12,14-15,24-26,30-33,36H,7,10,13,16-21H2,1-5H3,(H,44,52)(H,45,54)(H,46,51)(H,47,53)/t24-,25+,26+,30+,31+,32+,33+,36+/m1/s1. The van der Waals surface area contributed by atoms with E-state index in [-0.39, 0.29) is 56.8 Å². The highest BCUT2D eigenvalue weighted by Gasteiger charge is 2.48. The Balaban J connectivity index is 1.34. The summed E-state index contributed by atoms with van der Waals surface area (Å²) >= 11 is 0. The van der Waals surface area contributed by atoms with Gasteiger partial charge in [0, 0.05) is 26.1 Å². The average Bonchev–Trinajstić information content (AvgIpc) is 3.84. The molecule has 4 heterocycles. The molecule has 0 spiro atoms. The molecule has 4 aliphatic rings. The summed E-state index contributed by atoms with van der Waals surface area (Å²) in [6.45, 7) is 7.88. The van der Waals surface area contributed by atoms with Crippen LogP contribution in [0.25, 0.3) is 0 Å². The number of hydrogen-bond donors (Lipinski definition) is 4. The van der Waals surface area contributed by atoms with Crippen molar-refractivity contribution < 1.29 is 47.5 Å². The number of halogens is 1. The van der Waals surface area contributed by atoms with E-state index in [0.29, 0.717) is 17.5 Å². The van der Waals surface area contributed by atoms with Crippen molar-refractivity contribution in [1.82, 2.24) is 36.0 Å². The fourth-order valence-corrected chi connectivity index (χ4v) is 8.36. The van der Waals surface area contributed by atoms with Crippen LogP contribution in [0.1, 0.15) is 62.3 Å². The van der Waals surface area contributed by atoms with Gasteiger partial charge >= 0.3 is 5.97 Å². The summed E-state index contributed by atoms with van der Waals surface area (Å²) in [5.41, 5.74) is 2.36. The van der Waals surface area contributed by atoms with E-state index in [2.05, 4.69) is 21.3 Å². The van der Waals surface area contributed by atoms with Gasteiger partial charge in [0.2, 0.25) is 41.4 Å². The first kappa shape index (κ1) is 42.7. The highest BCUT2D eigenvalue weighted by molar-refractivity contribution is 6.00. The molecule has 4 N–H and O–H groups in total. The normalized spacial score (nSPS) is 27.2. The molecule has 4 saturated heterocycles. The summed E-state index contributed by atoms with van der Waals surface area (Å²) in [5, 5.41) is 10.7. The topological polar surface area (TPSA) is 204 Å². The Kier molecular flexibility index (Phi) is 13.0. The molecule has 0 saturated carbocycles. The SMILES string of the molecule is Cc1cccc(C[C@H](NC(=O)Cc2ccc(C)cc2F)C(=O)N[C@@H]2C(=O)N3CCC[C@H]3C(=O)N3CC(=O)NC[C@H]3C(=O)N[C@@H](C)C(=O)N3C[C@H](C)C[C@H]3C(=O)O[C@H]2C)c1. The Morgan fingerprint density at radius 1 is 0.898 bits per heavy atom. The second-order valence-corrected chi connectivity index (χ2v) is 16.3. The second-order valence-electron chi connectivity index (χ2n) is 16.3. The first-order valence-electron chi connectivity index (χ1n) is 20.1. The van der Waals surface area contributed by atoms with Crippen molar-refractivity contribution in [3.8, 4) is 0 Å². The number of carbonyl (C=O) groups excluding carboxylic acids is 8. The Hall–Kier alpha value is -5.87. The molecule has 4 fully saturated rings. The van der Waals surface area contributed by atoms with Gasteiger partial charge in [-0.15, -0.1) is 0 Å². The molecule has 0 aromatic heterocycles. The van der Waals surface area contributed by atoms with E-state index < -0.39 is 102 Å². The molecule has 316 valence electrons. The van der Waals surface area contributed by atoms with E-state index in [1.165, 1.54) is 35.8 Å². The minimum absolute atomic E-state index is 0.0226. The number of cyclic esters (lactones) is 1. The molecule has 0 unspecified atom stereocenters. The molecule has 0 radical (unpaired) electrons. The number of fused-ring (bicyclic) bond motifs is 3. The minimum Gasteiger partial charge on any atom is -0.458 e. The lowest BCUT2D eigenvalue weighted by Gasteiger charge is -2.39. The van der Waals surface area contributed by atoms with Gasteiger partial charge in [0.05, 0.1) is 6.42 Å². The number of piperazine rings is 1. The van der Waals surface area contributed by atoms with Gasteiger partial charge in [-0.2, -0.15) is 0 Å². The van der Waals surface area contributed by atoms with Gasteiger partial charge in [0.1, 0.15) is 54.7 Å². The number of amides is 7. The smallest absolute Gasteiger partial charge is 0.329 e. The van der Waals surface area contributed by atoms with Crippen LogP contribution >= 0.6 is 0 Å². The maximum absolute atomic E-state index is 14.8. The van der Waals surface area contributed by atoms with Gasteiger partial charge in [-0.3, -0.25) is 33.6 Å². The zero-order valence-electron chi connectivity index (χ0n) is 33.9. The Morgan fingerprint density at radius 3 is 2.37 bits per heavy atom. The van der Waals surface area contributed by atoms with Crippen LogP contribution in [0.5, 0.6) is 0 Å². The van der Waals surface area contributed by atoms with E-state index in [1.54, 1.807) is 25.1 Å². The number of ether oxygens (including phenoxy) is 1. The van der Waals surface area contributed by atoms with Crippen molar-refractivity contribution in [2.45, 2.75) is 109 Å². The lowest BCUT2D eigenvalue weighted by Crippen LogP contribution is -2.66. The molecule has 7 amide bonds. The van der Waals surface area contributed by atoms with Crippen molar-refractivity contribution in [2.75, 3.05) is 26.2 Å². The van der Waals surface area contributed by atoms with Crippen LogP contribution in [0.15, 0.2) is 42.5 Å². The molecule has 2 aromatic carbocycles. The zero-order chi connectivity index (χ0) is 42.7. The van der Waals surface area contributed by atoms with Crippen LogP contribution in [-0.2, 0) is 55.9 Å². The van der Waals surface area contributed by atoms with E-state index in [4.69, 9.17) is 4.74 Å². The predicted octanol–water partition coefficient (Wildman–Crippen LogP) is 0.202. The lowest BCUT2D eigenvalue weighted by molar-refractivity contribution is -0.163. The number of carbonyl (C=O) groups is 8. The molecule has 17 heteroatoms. The molecule has 0 aliphatic carbocycles. The number of nitrogens with one attached hydrogen (secondary N) is 4. The summed E-state index contributed by atoms with van der Waals surface area (Å²) in [6.07, 6.45) is -0.962. The first-order valence-corrected chi connectivity index (χ1v) is 20.1. The third-order valence-electron chi connectivity index (χ3n) is 11.5. The van der Waals surface area contributed by atoms with E-state index in [0.717, 1.165) is 10.5 Å². The molecule has 2 aromatic rings. The second kappa shape index (κ2) is 18.0. The highest BCUT2D eigenvalue weighted by Crippen LogP contribution is 2.28. The average molecular weight is 818 g/mol.